The van der Waals surface area contributed by atoms with Crippen molar-refractivity contribution in [2.45, 2.75) is 18.4 Å². The molecule has 82 valence electrons. The van der Waals surface area contributed by atoms with Crippen molar-refractivity contribution in [3.63, 3.8) is 0 Å². The number of nitrogens with one attached hydrogen (secondary N) is 1. The first-order valence-corrected chi connectivity index (χ1v) is 5.42. The second kappa shape index (κ2) is 4.00. The Balaban J connectivity index is 2.39. The molecule has 0 bridgehead atoms. The van der Waals surface area contributed by atoms with E-state index in [9.17, 15) is 10.2 Å². The first-order valence-electron chi connectivity index (χ1n) is 5.04. The molecule has 1 aromatic rings. The molecular weight excluding hydrogens is 214 g/mol. The molecule has 0 amide bonds. The van der Waals surface area contributed by atoms with Gasteiger partial charge in [-0.05, 0) is 32.0 Å². The van der Waals surface area contributed by atoms with Crippen molar-refractivity contribution in [2.24, 2.45) is 0 Å². The van der Waals surface area contributed by atoms with E-state index in [-0.39, 0.29) is 10.8 Å². The summed E-state index contributed by atoms with van der Waals surface area (Å²) in [7, 11) is 0. The van der Waals surface area contributed by atoms with Gasteiger partial charge in [0.25, 0.3) is 0 Å². The predicted molar refractivity (Wildman–Crippen MR) is 59.1 cm³/mol. The number of phenols is 1. The Morgan fingerprint density at radius 2 is 1.93 bits per heavy atom. The van der Waals surface area contributed by atoms with Crippen molar-refractivity contribution < 1.29 is 10.2 Å². The van der Waals surface area contributed by atoms with Crippen molar-refractivity contribution in [3.8, 4) is 5.75 Å². The Bertz CT molecular complexity index is 362. The third-order valence-electron chi connectivity index (χ3n) is 2.91. The van der Waals surface area contributed by atoms with Crippen LogP contribution in [0.15, 0.2) is 18.2 Å². The molecule has 15 heavy (non-hydrogen) atoms. The number of benzene rings is 1. The van der Waals surface area contributed by atoms with Crippen LogP contribution in [0.4, 0.5) is 0 Å². The van der Waals surface area contributed by atoms with Gasteiger partial charge in [0.2, 0.25) is 0 Å². The fraction of sp³-hybridized carbons (Fsp3) is 0.455. The normalized spacial score (nSPS) is 20.1. The van der Waals surface area contributed by atoms with E-state index in [1.807, 2.05) is 0 Å². The SMILES string of the molecule is Oc1cccc(C2(O)CCNCC2)c1Cl. The topological polar surface area (TPSA) is 52.5 Å². The molecule has 1 saturated heterocycles. The third kappa shape index (κ3) is 1.95. The van der Waals surface area contributed by atoms with Gasteiger partial charge in [-0.2, -0.15) is 0 Å². The second-order valence-electron chi connectivity index (χ2n) is 3.92. The van der Waals surface area contributed by atoms with Gasteiger partial charge < -0.3 is 15.5 Å². The Labute approximate surface area is 93.7 Å². The molecule has 3 nitrogen and oxygen atoms in total. The zero-order valence-corrected chi connectivity index (χ0v) is 9.09. The lowest BCUT2D eigenvalue weighted by molar-refractivity contribution is 0.00587. The molecule has 2 rings (SSSR count). The standard InChI is InChI=1S/C11H14ClNO2/c12-10-8(2-1-3-9(10)14)11(15)4-6-13-7-5-11/h1-3,13-15H,4-7H2. The molecule has 0 atom stereocenters. The van der Waals surface area contributed by atoms with Crippen LogP contribution >= 0.6 is 11.6 Å². The van der Waals surface area contributed by atoms with Crippen LogP contribution < -0.4 is 5.32 Å². The van der Waals surface area contributed by atoms with Gasteiger partial charge in [-0.3, -0.25) is 0 Å². The quantitative estimate of drug-likeness (QED) is 0.684. The smallest absolute Gasteiger partial charge is 0.134 e. The van der Waals surface area contributed by atoms with Crippen molar-refractivity contribution in [2.75, 3.05) is 13.1 Å². The molecule has 4 heteroatoms. The highest BCUT2D eigenvalue weighted by Gasteiger charge is 2.33. The molecule has 1 aliphatic rings. The van der Waals surface area contributed by atoms with Gasteiger partial charge in [-0.15, -0.1) is 0 Å². The maximum atomic E-state index is 10.4. The summed E-state index contributed by atoms with van der Waals surface area (Å²) >= 11 is 5.99. The first kappa shape index (κ1) is 10.7. The molecule has 0 aromatic heterocycles. The van der Waals surface area contributed by atoms with E-state index in [4.69, 9.17) is 11.6 Å². The van der Waals surface area contributed by atoms with Gasteiger partial charge >= 0.3 is 0 Å². The van der Waals surface area contributed by atoms with E-state index in [2.05, 4.69) is 5.32 Å². The summed E-state index contributed by atoms with van der Waals surface area (Å²) in [6, 6.07) is 5.00. The number of phenolic OH excluding ortho intramolecular Hbond substituents is 1. The summed E-state index contributed by atoms with van der Waals surface area (Å²) < 4.78 is 0. The molecule has 1 aliphatic heterocycles. The first-order chi connectivity index (χ1) is 7.13. The summed E-state index contributed by atoms with van der Waals surface area (Å²) in [5.74, 6) is 0.0288. The lowest BCUT2D eigenvalue weighted by atomic mass is 9.85. The van der Waals surface area contributed by atoms with E-state index in [1.54, 1.807) is 12.1 Å². The second-order valence-corrected chi connectivity index (χ2v) is 4.30. The van der Waals surface area contributed by atoms with Crippen LogP contribution in [-0.4, -0.2) is 23.3 Å². The highest BCUT2D eigenvalue weighted by atomic mass is 35.5. The molecule has 1 aromatic carbocycles. The van der Waals surface area contributed by atoms with Gasteiger partial charge in [-0.25, -0.2) is 0 Å². The van der Waals surface area contributed by atoms with Gasteiger partial charge in [0.05, 0.1) is 10.6 Å². The summed E-state index contributed by atoms with van der Waals surface area (Å²) in [6.45, 7) is 1.53. The molecule has 0 aliphatic carbocycles. The zero-order valence-electron chi connectivity index (χ0n) is 8.33. The molecule has 0 saturated carbocycles. The molecular formula is C11H14ClNO2. The number of hydrogen-bond acceptors (Lipinski definition) is 3. The summed E-state index contributed by atoms with van der Waals surface area (Å²) in [6.07, 6.45) is 1.24. The van der Waals surface area contributed by atoms with Gasteiger partial charge in [0.1, 0.15) is 5.75 Å². The van der Waals surface area contributed by atoms with E-state index in [0.29, 0.717) is 18.4 Å². The van der Waals surface area contributed by atoms with Crippen LogP contribution in [0.25, 0.3) is 0 Å². The Kier molecular flexibility index (Phi) is 2.87. The number of aromatic hydroxyl groups is 1. The molecule has 3 N–H and O–H groups in total. The maximum absolute atomic E-state index is 10.4. The highest BCUT2D eigenvalue weighted by molar-refractivity contribution is 6.32. The number of halogens is 1. The van der Waals surface area contributed by atoms with Crippen LogP contribution in [0.5, 0.6) is 5.75 Å². The Morgan fingerprint density at radius 3 is 2.60 bits per heavy atom. The maximum Gasteiger partial charge on any atom is 0.134 e. The Morgan fingerprint density at radius 1 is 1.27 bits per heavy atom. The minimum atomic E-state index is -0.902. The fourth-order valence-electron chi connectivity index (χ4n) is 1.99. The number of piperidine rings is 1. The third-order valence-corrected chi connectivity index (χ3v) is 3.31. The monoisotopic (exact) mass is 227 g/mol. The number of hydrogen-bond donors (Lipinski definition) is 3. The van der Waals surface area contributed by atoms with E-state index in [0.717, 1.165) is 13.1 Å². The molecule has 0 radical (unpaired) electrons. The summed E-state index contributed by atoms with van der Waals surface area (Å²) in [5, 5.41) is 23.3. The average Bonchev–Trinajstić information content (AvgIpc) is 2.23. The van der Waals surface area contributed by atoms with Crippen molar-refractivity contribution >= 4 is 11.6 Å². The Hall–Kier alpha value is -0.770. The highest BCUT2D eigenvalue weighted by Crippen LogP contribution is 2.38. The van der Waals surface area contributed by atoms with Crippen LogP contribution in [0.3, 0.4) is 0 Å². The van der Waals surface area contributed by atoms with Crippen molar-refractivity contribution in [1.82, 2.24) is 5.32 Å². The minimum absolute atomic E-state index is 0.0288. The molecule has 1 fully saturated rings. The summed E-state index contributed by atoms with van der Waals surface area (Å²) in [5.41, 5.74) is -0.271. The lowest BCUT2D eigenvalue weighted by Gasteiger charge is -2.33. The van der Waals surface area contributed by atoms with Gasteiger partial charge in [0, 0.05) is 5.56 Å². The lowest BCUT2D eigenvalue weighted by Crippen LogP contribution is -2.39. The van der Waals surface area contributed by atoms with Gasteiger partial charge in [0.15, 0.2) is 0 Å². The van der Waals surface area contributed by atoms with E-state index < -0.39 is 5.60 Å². The zero-order chi connectivity index (χ0) is 10.9. The van der Waals surface area contributed by atoms with Crippen LogP contribution in [0, 0.1) is 0 Å². The molecule has 0 unspecified atom stereocenters. The average molecular weight is 228 g/mol. The largest absolute Gasteiger partial charge is 0.506 e. The molecule has 0 spiro atoms. The van der Waals surface area contributed by atoms with Crippen molar-refractivity contribution in [1.29, 1.82) is 0 Å². The van der Waals surface area contributed by atoms with E-state index >= 15 is 0 Å². The van der Waals surface area contributed by atoms with Gasteiger partial charge in [-0.1, -0.05) is 23.7 Å². The van der Waals surface area contributed by atoms with Crippen LogP contribution in [0.2, 0.25) is 5.02 Å². The predicted octanol–water partition coefficient (Wildman–Crippen LogP) is 1.62. The number of rotatable bonds is 1. The fourth-order valence-corrected chi connectivity index (χ4v) is 2.29. The summed E-state index contributed by atoms with van der Waals surface area (Å²) in [4.78, 5) is 0. The van der Waals surface area contributed by atoms with Crippen LogP contribution in [0.1, 0.15) is 18.4 Å². The van der Waals surface area contributed by atoms with E-state index in [1.165, 1.54) is 6.07 Å². The number of aliphatic hydroxyl groups is 1. The molecule has 1 heterocycles. The van der Waals surface area contributed by atoms with Crippen LogP contribution in [-0.2, 0) is 5.60 Å². The minimum Gasteiger partial charge on any atom is -0.506 e. The van der Waals surface area contributed by atoms with Crippen molar-refractivity contribution in [3.05, 3.63) is 28.8 Å².